The topological polar surface area (TPSA) is 107 Å². The van der Waals surface area contributed by atoms with Gasteiger partial charge in [-0.25, -0.2) is 4.68 Å². The van der Waals surface area contributed by atoms with E-state index in [2.05, 4.69) is 15.8 Å². The zero-order valence-corrected chi connectivity index (χ0v) is 18.2. The van der Waals surface area contributed by atoms with Crippen LogP contribution in [0.3, 0.4) is 0 Å². The molecular weight excluding hydrogens is 410 g/mol. The molecule has 0 bridgehead atoms. The van der Waals surface area contributed by atoms with Crippen LogP contribution in [0.1, 0.15) is 16.8 Å². The van der Waals surface area contributed by atoms with Gasteiger partial charge in [0.25, 0.3) is 17.4 Å². The average molecular weight is 435 g/mol. The second-order valence-electron chi connectivity index (χ2n) is 7.20. The number of para-hydroxylation sites is 1. The maximum Gasteiger partial charge on any atom is 0.295 e. The Hall–Kier alpha value is -4.14. The second kappa shape index (κ2) is 10.3. The summed E-state index contributed by atoms with van der Waals surface area (Å²) in [7, 11) is 1.73. The minimum absolute atomic E-state index is 0.142. The van der Waals surface area contributed by atoms with Crippen molar-refractivity contribution in [3.63, 3.8) is 0 Å². The molecule has 0 unspecified atom stereocenters. The average Bonchev–Trinajstić information content (AvgIpc) is 3.00. The van der Waals surface area contributed by atoms with Gasteiger partial charge in [-0.05, 0) is 31.5 Å². The second-order valence-corrected chi connectivity index (χ2v) is 7.20. The summed E-state index contributed by atoms with van der Waals surface area (Å²) >= 11 is 0. The van der Waals surface area contributed by atoms with Crippen LogP contribution in [0.15, 0.2) is 64.5 Å². The van der Waals surface area contributed by atoms with Gasteiger partial charge in [-0.3, -0.25) is 19.1 Å². The van der Waals surface area contributed by atoms with Crippen molar-refractivity contribution in [3.8, 4) is 5.69 Å². The molecule has 1 aromatic heterocycles. The molecule has 9 heteroatoms. The number of anilines is 1. The minimum Gasteiger partial charge on any atom is -0.386 e. The van der Waals surface area contributed by atoms with E-state index in [0.29, 0.717) is 17.9 Å². The Morgan fingerprint density at radius 2 is 1.75 bits per heavy atom. The van der Waals surface area contributed by atoms with Crippen molar-refractivity contribution in [1.29, 1.82) is 0 Å². The van der Waals surface area contributed by atoms with Gasteiger partial charge in [0.1, 0.15) is 11.9 Å². The molecule has 0 aliphatic carbocycles. The van der Waals surface area contributed by atoms with Gasteiger partial charge in [-0.1, -0.05) is 53.2 Å². The van der Waals surface area contributed by atoms with Gasteiger partial charge in [0.2, 0.25) is 0 Å². The summed E-state index contributed by atoms with van der Waals surface area (Å²) in [6.45, 7) is 3.75. The number of nitrogens with one attached hydrogen (secondary N) is 2. The van der Waals surface area contributed by atoms with E-state index in [4.69, 9.17) is 4.84 Å². The predicted octanol–water partition coefficient (Wildman–Crippen LogP) is 2.05. The summed E-state index contributed by atoms with van der Waals surface area (Å²) in [6, 6.07) is 16.9. The van der Waals surface area contributed by atoms with Crippen molar-refractivity contribution < 1.29 is 14.4 Å². The number of hydrogen-bond donors (Lipinski definition) is 2. The first kappa shape index (κ1) is 22.5. The van der Waals surface area contributed by atoms with Crippen molar-refractivity contribution in [2.75, 3.05) is 11.9 Å². The molecule has 2 N–H and O–H groups in total. The van der Waals surface area contributed by atoms with E-state index >= 15 is 0 Å². The molecule has 166 valence electrons. The van der Waals surface area contributed by atoms with E-state index in [-0.39, 0.29) is 23.8 Å². The normalized spacial score (nSPS) is 10.8. The highest BCUT2D eigenvalue weighted by Gasteiger charge is 2.17. The van der Waals surface area contributed by atoms with Crippen LogP contribution in [0.5, 0.6) is 0 Å². The van der Waals surface area contributed by atoms with Gasteiger partial charge in [-0.15, -0.1) is 0 Å². The molecule has 1 heterocycles. The Morgan fingerprint density at radius 3 is 2.44 bits per heavy atom. The number of amides is 2. The Morgan fingerprint density at radius 1 is 1.06 bits per heavy atom. The highest BCUT2D eigenvalue weighted by molar-refractivity contribution is 6.31. The highest BCUT2D eigenvalue weighted by atomic mass is 16.6. The number of aromatic nitrogens is 2. The number of rotatable bonds is 8. The van der Waals surface area contributed by atoms with Crippen molar-refractivity contribution in [3.05, 3.63) is 81.8 Å². The molecule has 32 heavy (non-hydrogen) atoms. The lowest BCUT2D eigenvalue weighted by molar-refractivity contribution is -0.126. The molecule has 9 nitrogen and oxygen atoms in total. The van der Waals surface area contributed by atoms with Gasteiger partial charge < -0.3 is 15.5 Å². The lowest BCUT2D eigenvalue weighted by Gasteiger charge is -2.07. The first-order chi connectivity index (χ1) is 15.4. The van der Waals surface area contributed by atoms with E-state index < -0.39 is 5.91 Å². The Kier molecular flexibility index (Phi) is 7.22. The largest absolute Gasteiger partial charge is 0.386 e. The Bertz CT molecular complexity index is 1180. The molecule has 0 atom stereocenters. The van der Waals surface area contributed by atoms with Crippen LogP contribution in [-0.4, -0.2) is 34.0 Å². The summed E-state index contributed by atoms with van der Waals surface area (Å²) in [4.78, 5) is 41.6. The van der Waals surface area contributed by atoms with E-state index in [1.165, 1.54) is 4.68 Å². The van der Waals surface area contributed by atoms with Gasteiger partial charge in [0, 0.05) is 13.6 Å². The van der Waals surface area contributed by atoms with E-state index in [1.54, 1.807) is 30.8 Å². The summed E-state index contributed by atoms with van der Waals surface area (Å²) in [5.74, 6) is -1.01. The fourth-order valence-electron chi connectivity index (χ4n) is 3.01. The summed E-state index contributed by atoms with van der Waals surface area (Å²) < 4.78 is 3.11. The molecule has 0 aliphatic rings. The monoisotopic (exact) mass is 435 g/mol. The first-order valence-electron chi connectivity index (χ1n) is 9.99. The molecule has 3 aromatic rings. The van der Waals surface area contributed by atoms with Gasteiger partial charge in [-0.2, -0.15) is 0 Å². The SMILES string of the molecule is Cc1ccc(CNC(=O)CO/N=C/C(=O)Nc2c(C)n(C)n(-c3ccccc3)c2=O)cc1. The van der Waals surface area contributed by atoms with Crippen molar-refractivity contribution >= 4 is 23.7 Å². The zero-order chi connectivity index (χ0) is 23.1. The third-order valence-electron chi connectivity index (χ3n) is 4.85. The number of aryl methyl sites for hydroxylation is 1. The van der Waals surface area contributed by atoms with E-state index in [0.717, 1.165) is 17.3 Å². The number of carbonyl (C=O) groups excluding carboxylic acids is 2. The number of oxime groups is 1. The molecule has 0 spiro atoms. The molecule has 3 rings (SSSR count). The van der Waals surface area contributed by atoms with Crippen LogP contribution in [0, 0.1) is 13.8 Å². The first-order valence-corrected chi connectivity index (χ1v) is 9.99. The van der Waals surface area contributed by atoms with Gasteiger partial charge >= 0.3 is 0 Å². The third kappa shape index (κ3) is 5.51. The maximum atomic E-state index is 12.8. The summed E-state index contributed by atoms with van der Waals surface area (Å²) in [5.41, 5.74) is 3.14. The number of carbonyl (C=O) groups is 2. The van der Waals surface area contributed by atoms with Crippen LogP contribution in [-0.2, 0) is 28.0 Å². The Balaban J connectivity index is 1.52. The lowest BCUT2D eigenvalue weighted by atomic mass is 10.1. The molecule has 0 saturated carbocycles. The third-order valence-corrected chi connectivity index (χ3v) is 4.85. The molecular formula is C23H25N5O4. The molecule has 0 radical (unpaired) electrons. The van der Waals surface area contributed by atoms with Crippen LogP contribution in [0.2, 0.25) is 0 Å². The van der Waals surface area contributed by atoms with Crippen molar-refractivity contribution in [1.82, 2.24) is 14.7 Å². The van der Waals surface area contributed by atoms with Crippen LogP contribution in [0.25, 0.3) is 5.69 Å². The smallest absolute Gasteiger partial charge is 0.295 e. The van der Waals surface area contributed by atoms with E-state index in [1.807, 2.05) is 49.4 Å². The molecule has 0 fully saturated rings. The van der Waals surface area contributed by atoms with Gasteiger partial charge in [0.05, 0.1) is 11.4 Å². The number of benzene rings is 2. The zero-order valence-electron chi connectivity index (χ0n) is 18.2. The van der Waals surface area contributed by atoms with E-state index in [9.17, 15) is 14.4 Å². The fraction of sp³-hybridized carbons (Fsp3) is 0.217. The predicted molar refractivity (Wildman–Crippen MR) is 122 cm³/mol. The molecule has 2 aromatic carbocycles. The number of nitrogens with zero attached hydrogens (tertiary/aromatic N) is 3. The summed E-state index contributed by atoms with van der Waals surface area (Å²) in [5, 5.41) is 8.73. The van der Waals surface area contributed by atoms with Crippen LogP contribution in [0.4, 0.5) is 5.69 Å². The highest BCUT2D eigenvalue weighted by Crippen LogP contribution is 2.13. The molecule has 0 aliphatic heterocycles. The maximum absolute atomic E-state index is 12.8. The van der Waals surface area contributed by atoms with Crippen LogP contribution < -0.4 is 16.2 Å². The minimum atomic E-state index is -0.643. The van der Waals surface area contributed by atoms with Crippen molar-refractivity contribution in [2.45, 2.75) is 20.4 Å². The number of hydrogen-bond acceptors (Lipinski definition) is 5. The fourth-order valence-corrected chi connectivity index (χ4v) is 3.01. The Labute approximate surface area is 185 Å². The standard InChI is InChI=1S/C23H25N5O4/c1-16-9-11-18(12-10-16)13-24-21(30)15-32-25-14-20(29)26-22-17(2)27(3)28(23(22)31)19-7-5-4-6-8-19/h4-12,14H,13,15H2,1-3H3,(H,24,30)(H,26,29)/b25-14+. The van der Waals surface area contributed by atoms with Crippen molar-refractivity contribution in [2.24, 2.45) is 12.2 Å². The summed E-state index contributed by atoms with van der Waals surface area (Å²) in [6.07, 6.45) is 0.881. The van der Waals surface area contributed by atoms with Gasteiger partial charge in [0.15, 0.2) is 6.61 Å². The lowest BCUT2D eigenvalue weighted by Crippen LogP contribution is -2.26. The van der Waals surface area contributed by atoms with Crippen LogP contribution >= 0.6 is 0 Å². The quantitative estimate of drug-likeness (QED) is 0.417. The molecule has 2 amide bonds. The molecule has 0 saturated heterocycles.